The molecule has 0 atom stereocenters. The van der Waals surface area contributed by atoms with Crippen molar-refractivity contribution in [1.82, 2.24) is 10.5 Å². The lowest BCUT2D eigenvalue weighted by molar-refractivity contribution is -0.124. The van der Waals surface area contributed by atoms with Crippen molar-refractivity contribution >= 4 is 17.7 Å². The van der Waals surface area contributed by atoms with E-state index in [0.717, 1.165) is 16.9 Å². The third-order valence-corrected chi connectivity index (χ3v) is 2.67. The number of benzene rings is 1. The third-order valence-electron chi connectivity index (χ3n) is 2.67. The summed E-state index contributed by atoms with van der Waals surface area (Å²) < 4.78 is 0. The number of hydroxylamine groups is 1. The van der Waals surface area contributed by atoms with E-state index in [9.17, 15) is 4.79 Å². The Morgan fingerprint density at radius 2 is 2.00 bits per heavy atom. The molecule has 0 spiro atoms. The minimum Gasteiger partial charge on any atom is -0.379 e. The number of nitrogens with zero attached hydrogens (tertiary/aromatic N) is 1. The van der Waals surface area contributed by atoms with Crippen molar-refractivity contribution in [2.24, 2.45) is 0 Å². The number of para-hydroxylation sites is 1. The first-order valence-corrected chi connectivity index (χ1v) is 6.14. The normalized spacial score (nSPS) is 10.4. The zero-order valence-corrected chi connectivity index (χ0v) is 10.8. The summed E-state index contributed by atoms with van der Waals surface area (Å²) in [7, 11) is 0. The summed E-state index contributed by atoms with van der Waals surface area (Å²) >= 11 is 0. The Morgan fingerprint density at radius 3 is 2.75 bits per heavy atom. The zero-order valence-electron chi connectivity index (χ0n) is 10.8. The van der Waals surface area contributed by atoms with Gasteiger partial charge >= 0.3 is 0 Å². The molecule has 1 amide bonds. The minimum absolute atomic E-state index is 0.565. The number of anilines is 1. The van der Waals surface area contributed by atoms with E-state index in [1.807, 2.05) is 42.5 Å². The smallest absolute Gasteiger partial charge is 0.267 e. The van der Waals surface area contributed by atoms with Crippen LogP contribution < -0.4 is 10.8 Å². The average molecular weight is 269 g/mol. The van der Waals surface area contributed by atoms with Crippen LogP contribution in [0.15, 0.2) is 54.7 Å². The van der Waals surface area contributed by atoms with Crippen molar-refractivity contribution in [3.8, 4) is 0 Å². The molecule has 1 heterocycles. The quantitative estimate of drug-likeness (QED) is 0.442. The summed E-state index contributed by atoms with van der Waals surface area (Å²) in [5.74, 6) is -0.565. The van der Waals surface area contributed by atoms with Crippen LogP contribution in [-0.4, -0.2) is 16.1 Å². The molecule has 0 unspecified atom stereocenters. The van der Waals surface area contributed by atoms with Gasteiger partial charge in [0.15, 0.2) is 0 Å². The molecule has 0 aliphatic carbocycles. The molecular formula is C15H15N3O2. The fourth-order valence-corrected chi connectivity index (χ4v) is 1.69. The van der Waals surface area contributed by atoms with Crippen LogP contribution in [0.4, 0.5) is 5.69 Å². The second-order valence-corrected chi connectivity index (χ2v) is 4.07. The molecule has 0 saturated heterocycles. The molecule has 102 valence electrons. The molecule has 0 aliphatic heterocycles. The molecule has 0 fully saturated rings. The minimum atomic E-state index is -0.565. The largest absolute Gasteiger partial charge is 0.379 e. The van der Waals surface area contributed by atoms with Crippen molar-refractivity contribution in [3.63, 3.8) is 0 Å². The van der Waals surface area contributed by atoms with E-state index in [1.165, 1.54) is 6.08 Å². The van der Waals surface area contributed by atoms with Gasteiger partial charge in [-0.25, -0.2) is 5.48 Å². The number of rotatable bonds is 5. The fraction of sp³-hybridized carbons (Fsp3) is 0.0667. The predicted octanol–water partition coefficient (Wildman–Crippen LogP) is 2.21. The van der Waals surface area contributed by atoms with Gasteiger partial charge in [0, 0.05) is 18.0 Å². The second kappa shape index (κ2) is 7.06. The van der Waals surface area contributed by atoms with Crippen molar-refractivity contribution < 1.29 is 10.0 Å². The molecule has 0 bridgehead atoms. The standard InChI is InChI=1S/C15H15N3O2/c19-15(18-20)9-8-12-5-1-2-7-14(12)17-11-13-6-3-4-10-16-13/h1-10,17,20H,11H2,(H,18,19)/b9-8+. The molecule has 5 nitrogen and oxygen atoms in total. The number of nitrogens with one attached hydrogen (secondary N) is 2. The summed E-state index contributed by atoms with van der Waals surface area (Å²) in [4.78, 5) is 15.2. The first-order chi connectivity index (χ1) is 9.79. The van der Waals surface area contributed by atoms with Crippen LogP contribution in [0.25, 0.3) is 6.08 Å². The summed E-state index contributed by atoms with van der Waals surface area (Å²) in [6.45, 7) is 0.595. The first kappa shape index (κ1) is 13.8. The van der Waals surface area contributed by atoms with Crippen molar-refractivity contribution in [1.29, 1.82) is 0 Å². The number of carbonyl (C=O) groups is 1. The van der Waals surface area contributed by atoms with E-state index >= 15 is 0 Å². The van der Waals surface area contributed by atoms with Gasteiger partial charge in [0.25, 0.3) is 5.91 Å². The van der Waals surface area contributed by atoms with Crippen LogP contribution >= 0.6 is 0 Å². The molecule has 0 radical (unpaired) electrons. The van der Waals surface area contributed by atoms with Crippen LogP contribution in [0.2, 0.25) is 0 Å². The maximum Gasteiger partial charge on any atom is 0.267 e. The molecular weight excluding hydrogens is 254 g/mol. The number of aromatic nitrogens is 1. The number of pyridine rings is 1. The number of amides is 1. The summed E-state index contributed by atoms with van der Waals surface area (Å²) in [6, 6.07) is 13.3. The molecule has 1 aromatic carbocycles. The monoisotopic (exact) mass is 269 g/mol. The Labute approximate surface area is 116 Å². The van der Waals surface area contributed by atoms with Crippen molar-refractivity contribution in [2.75, 3.05) is 5.32 Å². The molecule has 3 N–H and O–H groups in total. The molecule has 20 heavy (non-hydrogen) atoms. The van der Waals surface area contributed by atoms with Crippen LogP contribution in [0.3, 0.4) is 0 Å². The van der Waals surface area contributed by atoms with Gasteiger partial charge in [-0.05, 0) is 29.8 Å². The lowest BCUT2D eigenvalue weighted by Gasteiger charge is -2.09. The van der Waals surface area contributed by atoms with Gasteiger partial charge in [-0.3, -0.25) is 15.0 Å². The topological polar surface area (TPSA) is 74.2 Å². The zero-order chi connectivity index (χ0) is 14.2. The summed E-state index contributed by atoms with van der Waals surface area (Å²) in [5, 5.41) is 11.7. The molecule has 1 aromatic heterocycles. The highest BCUT2D eigenvalue weighted by atomic mass is 16.5. The molecule has 0 saturated carbocycles. The predicted molar refractivity (Wildman–Crippen MR) is 77.0 cm³/mol. The highest BCUT2D eigenvalue weighted by molar-refractivity contribution is 5.91. The highest BCUT2D eigenvalue weighted by Gasteiger charge is 2.00. The van der Waals surface area contributed by atoms with E-state index < -0.39 is 5.91 Å². The fourth-order valence-electron chi connectivity index (χ4n) is 1.69. The Bertz CT molecular complexity index is 597. The second-order valence-electron chi connectivity index (χ2n) is 4.07. The van der Waals surface area contributed by atoms with Crippen molar-refractivity contribution in [2.45, 2.75) is 6.54 Å². The van der Waals surface area contributed by atoms with Gasteiger partial charge in [-0.1, -0.05) is 24.3 Å². The van der Waals surface area contributed by atoms with Gasteiger partial charge in [0.05, 0.1) is 12.2 Å². The molecule has 2 rings (SSSR count). The summed E-state index contributed by atoms with van der Waals surface area (Å²) in [6.07, 6.45) is 4.64. The molecule has 5 heteroatoms. The lowest BCUT2D eigenvalue weighted by Crippen LogP contribution is -2.14. The van der Waals surface area contributed by atoms with E-state index in [2.05, 4.69) is 10.3 Å². The van der Waals surface area contributed by atoms with Gasteiger partial charge in [0.1, 0.15) is 0 Å². The Hall–Kier alpha value is -2.66. The SMILES string of the molecule is O=C(/C=C/c1ccccc1NCc1ccccn1)NO. The number of hydrogen-bond donors (Lipinski definition) is 3. The highest BCUT2D eigenvalue weighted by Crippen LogP contribution is 2.17. The van der Waals surface area contributed by atoms with Gasteiger partial charge < -0.3 is 5.32 Å². The van der Waals surface area contributed by atoms with Gasteiger partial charge in [-0.2, -0.15) is 0 Å². The average Bonchev–Trinajstić information content (AvgIpc) is 2.52. The number of hydrogen-bond acceptors (Lipinski definition) is 4. The Balaban J connectivity index is 2.08. The third kappa shape index (κ3) is 3.93. The number of carbonyl (C=O) groups excluding carboxylic acids is 1. The first-order valence-electron chi connectivity index (χ1n) is 6.14. The van der Waals surface area contributed by atoms with Crippen LogP contribution in [0.5, 0.6) is 0 Å². The van der Waals surface area contributed by atoms with Crippen LogP contribution in [0.1, 0.15) is 11.3 Å². The van der Waals surface area contributed by atoms with Gasteiger partial charge in [0.2, 0.25) is 0 Å². The van der Waals surface area contributed by atoms with E-state index in [-0.39, 0.29) is 0 Å². The molecule has 0 aliphatic rings. The van der Waals surface area contributed by atoms with Gasteiger partial charge in [-0.15, -0.1) is 0 Å². The lowest BCUT2D eigenvalue weighted by atomic mass is 10.1. The maximum atomic E-state index is 11.0. The van der Waals surface area contributed by atoms with E-state index in [4.69, 9.17) is 5.21 Å². The van der Waals surface area contributed by atoms with E-state index in [0.29, 0.717) is 6.54 Å². The van der Waals surface area contributed by atoms with Crippen molar-refractivity contribution in [3.05, 3.63) is 66.0 Å². The summed E-state index contributed by atoms with van der Waals surface area (Å²) in [5.41, 5.74) is 4.23. The molecule has 2 aromatic rings. The van der Waals surface area contributed by atoms with E-state index in [1.54, 1.807) is 17.8 Å². The Kier molecular flexibility index (Phi) is 4.86. The van der Waals surface area contributed by atoms with Crippen LogP contribution in [-0.2, 0) is 11.3 Å². The van der Waals surface area contributed by atoms with Crippen LogP contribution in [0, 0.1) is 0 Å². The maximum absolute atomic E-state index is 11.0. The Morgan fingerprint density at radius 1 is 1.20 bits per heavy atom.